The molecule has 5 aromatic carbocycles. The molecule has 0 radical (unpaired) electrons. The third-order valence-corrected chi connectivity index (χ3v) is 11.1. The summed E-state index contributed by atoms with van der Waals surface area (Å²) in [5.74, 6) is 0.942. The number of fused-ring (bicyclic) bond motifs is 6. The quantitative estimate of drug-likeness (QED) is 0.171. The molecule has 6 nitrogen and oxygen atoms in total. The van der Waals surface area contributed by atoms with Crippen molar-refractivity contribution in [3.8, 4) is 50.7 Å². The summed E-state index contributed by atoms with van der Waals surface area (Å²) in [7, 11) is 0. The van der Waals surface area contributed by atoms with Crippen LogP contribution in [0.5, 0.6) is 0 Å². The molecule has 2 atom stereocenters. The van der Waals surface area contributed by atoms with Gasteiger partial charge in [0.1, 0.15) is 0 Å². The molecule has 11 rings (SSSR count). The van der Waals surface area contributed by atoms with Gasteiger partial charge in [0, 0.05) is 75.2 Å². The van der Waals surface area contributed by atoms with Crippen molar-refractivity contribution < 1.29 is 0 Å². The van der Waals surface area contributed by atoms with E-state index < -0.39 is 0 Å². The Morgan fingerprint density at radius 2 is 1.02 bits per heavy atom. The van der Waals surface area contributed by atoms with Gasteiger partial charge >= 0.3 is 0 Å². The second-order valence-corrected chi connectivity index (χ2v) is 14.3. The Labute approximate surface area is 324 Å². The highest BCUT2D eigenvalue weighted by molar-refractivity contribution is 6.09. The first-order valence-corrected chi connectivity index (χ1v) is 18.9. The molecule has 0 spiro atoms. The molecule has 1 aliphatic carbocycles. The number of nitrogens with zero attached hydrogens (tertiary/aromatic N) is 6. The summed E-state index contributed by atoms with van der Waals surface area (Å²) < 4.78 is 2.42. The van der Waals surface area contributed by atoms with Crippen LogP contribution in [-0.4, -0.2) is 30.5 Å². The second-order valence-electron chi connectivity index (χ2n) is 14.3. The lowest BCUT2D eigenvalue weighted by Crippen LogP contribution is -2.28. The highest BCUT2D eigenvalue weighted by Crippen LogP contribution is 2.49. The van der Waals surface area contributed by atoms with E-state index in [0.29, 0.717) is 5.82 Å². The minimum atomic E-state index is 0.183. The van der Waals surface area contributed by atoms with Gasteiger partial charge in [-0.15, -0.1) is 0 Å². The molecule has 4 aromatic heterocycles. The summed E-state index contributed by atoms with van der Waals surface area (Å²) >= 11 is 0. The van der Waals surface area contributed by atoms with Gasteiger partial charge in [-0.2, -0.15) is 0 Å². The number of rotatable bonds is 6. The number of allylic oxidation sites excluding steroid dienone is 2. The van der Waals surface area contributed by atoms with E-state index in [9.17, 15) is 0 Å². The van der Waals surface area contributed by atoms with Crippen molar-refractivity contribution in [1.82, 2.24) is 24.5 Å². The Morgan fingerprint density at radius 3 is 1.73 bits per heavy atom. The van der Waals surface area contributed by atoms with Crippen LogP contribution in [0.3, 0.4) is 0 Å². The molecular formula is C50H34N6. The van der Waals surface area contributed by atoms with Gasteiger partial charge in [-0.25, -0.2) is 9.97 Å². The molecule has 264 valence electrons. The molecule has 0 N–H and O–H groups in total. The summed E-state index contributed by atoms with van der Waals surface area (Å²) in [6.45, 7) is 0. The number of para-hydroxylation sites is 3. The zero-order valence-electron chi connectivity index (χ0n) is 30.3. The van der Waals surface area contributed by atoms with Crippen molar-refractivity contribution >= 4 is 33.2 Å². The van der Waals surface area contributed by atoms with Crippen molar-refractivity contribution in [3.05, 3.63) is 200 Å². The number of hydrogen-bond donors (Lipinski definition) is 0. The number of benzene rings is 5. The van der Waals surface area contributed by atoms with Crippen LogP contribution in [0.2, 0.25) is 0 Å². The van der Waals surface area contributed by atoms with E-state index in [2.05, 4.69) is 165 Å². The van der Waals surface area contributed by atoms with Crippen LogP contribution in [0.1, 0.15) is 11.5 Å². The minimum Gasteiger partial charge on any atom is -0.333 e. The summed E-state index contributed by atoms with van der Waals surface area (Å²) in [5, 5.41) is 2.49. The fraction of sp³-hybridized carbons (Fsp3) is 0.0400. The smallest absolute Gasteiger partial charge is 0.160 e. The van der Waals surface area contributed by atoms with Gasteiger partial charge in [-0.05, 0) is 83.4 Å². The van der Waals surface area contributed by atoms with Crippen LogP contribution in [0.25, 0.3) is 72.5 Å². The predicted octanol–water partition coefficient (Wildman–Crippen LogP) is 11.8. The van der Waals surface area contributed by atoms with Gasteiger partial charge in [-0.3, -0.25) is 9.97 Å². The Kier molecular flexibility index (Phi) is 7.52. The molecule has 5 heterocycles. The summed E-state index contributed by atoms with van der Waals surface area (Å²) in [4.78, 5) is 21.0. The molecule has 0 amide bonds. The van der Waals surface area contributed by atoms with Crippen LogP contribution in [0.15, 0.2) is 195 Å². The van der Waals surface area contributed by atoms with Crippen LogP contribution in [0.4, 0.5) is 11.4 Å². The van der Waals surface area contributed by atoms with Gasteiger partial charge < -0.3 is 9.47 Å². The maximum Gasteiger partial charge on any atom is 0.160 e. The molecule has 9 aromatic rings. The molecule has 0 bridgehead atoms. The van der Waals surface area contributed by atoms with E-state index in [1.54, 1.807) is 24.8 Å². The number of hydrogen-bond acceptors (Lipinski definition) is 5. The van der Waals surface area contributed by atoms with Gasteiger partial charge in [0.15, 0.2) is 5.82 Å². The molecule has 2 aliphatic rings. The van der Waals surface area contributed by atoms with Crippen molar-refractivity contribution in [2.24, 2.45) is 0 Å². The predicted molar refractivity (Wildman–Crippen MR) is 227 cm³/mol. The maximum absolute atomic E-state index is 5.06. The minimum absolute atomic E-state index is 0.183. The van der Waals surface area contributed by atoms with Crippen LogP contribution in [-0.2, 0) is 0 Å². The lowest BCUT2D eigenvalue weighted by atomic mass is 9.91. The van der Waals surface area contributed by atoms with Gasteiger partial charge in [-0.1, -0.05) is 103 Å². The van der Waals surface area contributed by atoms with Crippen LogP contribution >= 0.6 is 0 Å². The molecule has 56 heavy (non-hydrogen) atoms. The zero-order valence-corrected chi connectivity index (χ0v) is 30.3. The molecule has 0 saturated carbocycles. The topological polar surface area (TPSA) is 59.7 Å². The Hall–Kier alpha value is -7.44. The highest BCUT2D eigenvalue weighted by atomic mass is 15.2. The van der Waals surface area contributed by atoms with E-state index in [4.69, 9.17) is 9.97 Å². The van der Waals surface area contributed by atoms with E-state index in [1.165, 1.54) is 33.1 Å². The fourth-order valence-corrected chi connectivity index (χ4v) is 8.55. The van der Waals surface area contributed by atoms with E-state index in [1.807, 2.05) is 24.3 Å². The van der Waals surface area contributed by atoms with E-state index >= 15 is 0 Å². The average Bonchev–Trinajstić information content (AvgIpc) is 3.80. The van der Waals surface area contributed by atoms with Crippen molar-refractivity contribution in [1.29, 1.82) is 0 Å². The first-order chi connectivity index (χ1) is 27.8. The summed E-state index contributed by atoms with van der Waals surface area (Å²) in [5.41, 5.74) is 14.1. The largest absolute Gasteiger partial charge is 0.333 e. The first-order valence-electron chi connectivity index (χ1n) is 18.9. The molecule has 0 saturated heterocycles. The summed E-state index contributed by atoms with van der Waals surface area (Å²) in [6.07, 6.45) is 16.2. The van der Waals surface area contributed by atoms with Gasteiger partial charge in [0.05, 0.1) is 28.5 Å². The third-order valence-electron chi connectivity index (χ3n) is 11.1. The number of anilines is 2. The second kappa shape index (κ2) is 13.1. The van der Waals surface area contributed by atoms with Crippen LogP contribution in [0, 0.1) is 0 Å². The molecular weight excluding hydrogens is 685 g/mol. The third kappa shape index (κ3) is 5.34. The normalized spacial score (nSPS) is 15.7. The molecule has 6 heteroatoms. The average molecular weight is 719 g/mol. The van der Waals surface area contributed by atoms with Crippen molar-refractivity contribution in [3.63, 3.8) is 0 Å². The van der Waals surface area contributed by atoms with Crippen molar-refractivity contribution in [2.75, 3.05) is 4.90 Å². The molecule has 2 unspecified atom stereocenters. The van der Waals surface area contributed by atoms with Gasteiger partial charge in [0.25, 0.3) is 0 Å². The SMILES string of the molecule is C1=CC2c3ccccc3N(c3cc(-c4ccc(-c5cc(-c6ccncc6)nc(-c6ccncc6)n5)cc4)cc(-n4c5ccccc5c5ccccc54)c3)C2C=C1. The van der Waals surface area contributed by atoms with E-state index in [0.717, 1.165) is 50.6 Å². The van der Waals surface area contributed by atoms with Crippen molar-refractivity contribution in [2.45, 2.75) is 12.0 Å². The first kappa shape index (κ1) is 32.0. The standard InChI is InChI=1S/C50H34N6/c1-5-13-46-40(9-1)41-10-2-6-14-47(41)55(46)38-29-37(30-39(31-38)56-48-15-7-3-11-42(48)43-12-4-8-16-49(43)56)33-17-19-34(20-18-33)44-32-45(35-21-25-51-26-22-35)54-50(53-44)36-23-27-52-28-24-36/h1-32,40,46H. The lowest BCUT2D eigenvalue weighted by molar-refractivity contribution is 0.744. The number of pyridine rings is 2. The Balaban J connectivity index is 1.08. The maximum atomic E-state index is 5.06. The van der Waals surface area contributed by atoms with E-state index in [-0.39, 0.29) is 12.0 Å². The fourth-order valence-electron chi connectivity index (χ4n) is 8.55. The summed E-state index contributed by atoms with van der Waals surface area (Å²) in [6, 6.07) is 52.2. The highest BCUT2D eigenvalue weighted by Gasteiger charge is 2.37. The lowest BCUT2D eigenvalue weighted by Gasteiger charge is -2.30. The molecule has 0 fully saturated rings. The Morgan fingerprint density at radius 1 is 0.446 bits per heavy atom. The van der Waals surface area contributed by atoms with Crippen LogP contribution < -0.4 is 4.90 Å². The Bertz CT molecular complexity index is 2870. The zero-order chi connectivity index (χ0) is 37.0. The molecule has 1 aliphatic heterocycles. The monoisotopic (exact) mass is 718 g/mol. The van der Waals surface area contributed by atoms with Gasteiger partial charge in [0.2, 0.25) is 0 Å². The number of aromatic nitrogens is 5.